The van der Waals surface area contributed by atoms with E-state index in [2.05, 4.69) is 4.90 Å². The van der Waals surface area contributed by atoms with Crippen molar-refractivity contribution in [3.63, 3.8) is 0 Å². The molecule has 1 N–H and O–H groups in total. The predicted molar refractivity (Wildman–Crippen MR) is 93.2 cm³/mol. The van der Waals surface area contributed by atoms with Gasteiger partial charge in [0.25, 0.3) is 5.69 Å². The van der Waals surface area contributed by atoms with Gasteiger partial charge in [-0.3, -0.25) is 15.0 Å². The highest BCUT2D eigenvalue weighted by Crippen LogP contribution is 2.30. The van der Waals surface area contributed by atoms with Crippen molar-refractivity contribution in [1.29, 1.82) is 0 Å². The first-order chi connectivity index (χ1) is 11.5. The fraction of sp³-hybridized carbons (Fsp3) is 0.368. The summed E-state index contributed by atoms with van der Waals surface area (Å²) < 4.78 is 0. The molecule has 0 saturated carbocycles. The smallest absolute Gasteiger partial charge is 0.272 e. The number of phenolic OH excluding ortho intramolecular Hbond substituents is 1. The fourth-order valence-electron chi connectivity index (χ4n) is 3.45. The molecule has 5 nitrogen and oxygen atoms in total. The molecule has 0 amide bonds. The molecule has 0 bridgehead atoms. The van der Waals surface area contributed by atoms with Crippen molar-refractivity contribution in [3.05, 3.63) is 69.3 Å². The summed E-state index contributed by atoms with van der Waals surface area (Å²) >= 11 is 0. The number of rotatable bonds is 4. The van der Waals surface area contributed by atoms with Crippen LogP contribution in [0.1, 0.15) is 35.4 Å². The Morgan fingerprint density at radius 2 is 1.83 bits per heavy atom. The largest absolute Gasteiger partial charge is 0.508 e. The zero-order valence-electron chi connectivity index (χ0n) is 13.8. The van der Waals surface area contributed by atoms with Gasteiger partial charge in [0, 0.05) is 18.2 Å². The van der Waals surface area contributed by atoms with Crippen molar-refractivity contribution in [3.8, 4) is 5.75 Å². The number of aromatic hydroxyl groups is 1. The first kappa shape index (κ1) is 16.5. The second-order valence-electron chi connectivity index (χ2n) is 6.46. The Labute approximate surface area is 141 Å². The van der Waals surface area contributed by atoms with Gasteiger partial charge in [-0.15, -0.1) is 0 Å². The molecule has 0 spiro atoms. The molecule has 0 unspecified atom stereocenters. The standard InChI is InChI=1S/C19H22N2O3/c1-14-17(3-2-4-19(14)21(23)24)13-20-11-9-16(10-12-20)15-5-7-18(22)8-6-15/h2-8,16,22H,9-13H2,1H3. The molecule has 0 aliphatic carbocycles. The van der Waals surface area contributed by atoms with E-state index in [-0.39, 0.29) is 10.6 Å². The van der Waals surface area contributed by atoms with E-state index in [0.29, 0.717) is 11.7 Å². The van der Waals surface area contributed by atoms with Gasteiger partial charge in [0.15, 0.2) is 0 Å². The Morgan fingerprint density at radius 3 is 2.46 bits per heavy atom. The van der Waals surface area contributed by atoms with Crippen molar-refractivity contribution in [2.45, 2.75) is 32.2 Å². The number of hydrogen-bond donors (Lipinski definition) is 1. The summed E-state index contributed by atoms with van der Waals surface area (Å²) in [5, 5.41) is 20.5. The Morgan fingerprint density at radius 1 is 1.17 bits per heavy atom. The Hall–Kier alpha value is -2.40. The van der Waals surface area contributed by atoms with E-state index < -0.39 is 0 Å². The minimum Gasteiger partial charge on any atom is -0.508 e. The third-order valence-electron chi connectivity index (χ3n) is 4.96. The average molecular weight is 326 g/mol. The van der Waals surface area contributed by atoms with Gasteiger partial charge in [0.1, 0.15) is 5.75 Å². The topological polar surface area (TPSA) is 66.6 Å². The van der Waals surface area contributed by atoms with E-state index in [1.165, 1.54) is 5.56 Å². The molecule has 1 aliphatic heterocycles. The maximum Gasteiger partial charge on any atom is 0.272 e. The lowest BCUT2D eigenvalue weighted by Gasteiger charge is -2.32. The normalized spacial score (nSPS) is 16.2. The van der Waals surface area contributed by atoms with E-state index in [1.54, 1.807) is 24.3 Å². The molecule has 1 fully saturated rings. The summed E-state index contributed by atoms with van der Waals surface area (Å²) in [5.41, 5.74) is 3.28. The van der Waals surface area contributed by atoms with Crippen LogP contribution in [0, 0.1) is 17.0 Å². The van der Waals surface area contributed by atoms with E-state index in [0.717, 1.165) is 43.6 Å². The third kappa shape index (κ3) is 3.57. The highest BCUT2D eigenvalue weighted by atomic mass is 16.6. The van der Waals surface area contributed by atoms with Gasteiger partial charge in [-0.25, -0.2) is 0 Å². The van der Waals surface area contributed by atoms with Crippen molar-refractivity contribution < 1.29 is 10.0 Å². The van der Waals surface area contributed by atoms with E-state index in [4.69, 9.17) is 0 Å². The molecule has 1 saturated heterocycles. The van der Waals surface area contributed by atoms with Crippen molar-refractivity contribution in [2.24, 2.45) is 0 Å². The van der Waals surface area contributed by atoms with Gasteiger partial charge in [-0.05, 0) is 62.0 Å². The fourth-order valence-corrected chi connectivity index (χ4v) is 3.45. The van der Waals surface area contributed by atoms with Crippen LogP contribution in [0.5, 0.6) is 5.75 Å². The second kappa shape index (κ2) is 7.01. The Kier molecular flexibility index (Phi) is 4.81. The molecular formula is C19H22N2O3. The monoisotopic (exact) mass is 326 g/mol. The molecule has 5 heteroatoms. The third-order valence-corrected chi connectivity index (χ3v) is 4.96. The first-order valence-electron chi connectivity index (χ1n) is 8.29. The van der Waals surface area contributed by atoms with Crippen LogP contribution in [0.4, 0.5) is 5.69 Å². The van der Waals surface area contributed by atoms with Crippen LogP contribution in [0.25, 0.3) is 0 Å². The summed E-state index contributed by atoms with van der Waals surface area (Å²) in [7, 11) is 0. The number of phenols is 1. The summed E-state index contributed by atoms with van der Waals surface area (Å²) in [6.07, 6.45) is 2.14. The van der Waals surface area contributed by atoms with E-state index >= 15 is 0 Å². The van der Waals surface area contributed by atoms with Crippen LogP contribution in [-0.2, 0) is 6.54 Å². The number of nitro groups is 1. The van der Waals surface area contributed by atoms with Crippen LogP contribution >= 0.6 is 0 Å². The van der Waals surface area contributed by atoms with E-state index in [9.17, 15) is 15.2 Å². The van der Waals surface area contributed by atoms with Crippen LogP contribution in [0.2, 0.25) is 0 Å². The Balaban J connectivity index is 1.62. The molecular weight excluding hydrogens is 304 g/mol. The number of nitrogens with zero attached hydrogens (tertiary/aromatic N) is 2. The summed E-state index contributed by atoms with van der Waals surface area (Å²) in [4.78, 5) is 13.1. The van der Waals surface area contributed by atoms with Crippen molar-refractivity contribution in [1.82, 2.24) is 4.90 Å². The number of benzene rings is 2. The maximum atomic E-state index is 11.1. The molecule has 0 radical (unpaired) electrons. The lowest BCUT2D eigenvalue weighted by atomic mass is 9.89. The molecule has 24 heavy (non-hydrogen) atoms. The van der Waals surface area contributed by atoms with Crippen molar-refractivity contribution in [2.75, 3.05) is 13.1 Å². The molecule has 0 aromatic heterocycles. The highest BCUT2D eigenvalue weighted by molar-refractivity contribution is 5.44. The predicted octanol–water partition coefficient (Wildman–Crippen LogP) is 3.99. The zero-order chi connectivity index (χ0) is 17.1. The number of hydrogen-bond acceptors (Lipinski definition) is 4. The minimum absolute atomic E-state index is 0.200. The van der Waals surface area contributed by atoms with Gasteiger partial charge in [0.05, 0.1) is 4.92 Å². The number of nitro benzene ring substituents is 1. The number of likely N-dealkylation sites (tertiary alicyclic amines) is 1. The van der Waals surface area contributed by atoms with Gasteiger partial charge in [0.2, 0.25) is 0 Å². The van der Waals surface area contributed by atoms with Gasteiger partial charge in [-0.1, -0.05) is 24.3 Å². The van der Waals surface area contributed by atoms with Crippen LogP contribution in [0.3, 0.4) is 0 Å². The summed E-state index contributed by atoms with van der Waals surface area (Å²) in [5.74, 6) is 0.824. The van der Waals surface area contributed by atoms with Gasteiger partial charge < -0.3 is 5.11 Å². The lowest BCUT2D eigenvalue weighted by molar-refractivity contribution is -0.385. The highest BCUT2D eigenvalue weighted by Gasteiger charge is 2.22. The second-order valence-corrected chi connectivity index (χ2v) is 6.46. The van der Waals surface area contributed by atoms with Crippen LogP contribution in [0.15, 0.2) is 42.5 Å². The van der Waals surface area contributed by atoms with E-state index in [1.807, 2.05) is 25.1 Å². The Bertz CT molecular complexity index is 720. The molecule has 1 aliphatic rings. The molecule has 2 aromatic carbocycles. The zero-order valence-corrected chi connectivity index (χ0v) is 13.8. The van der Waals surface area contributed by atoms with Crippen molar-refractivity contribution >= 4 is 5.69 Å². The maximum absolute atomic E-state index is 11.1. The van der Waals surface area contributed by atoms with Gasteiger partial charge in [-0.2, -0.15) is 0 Å². The number of piperidine rings is 1. The molecule has 3 rings (SSSR count). The minimum atomic E-state index is -0.310. The quantitative estimate of drug-likeness (QED) is 0.681. The summed E-state index contributed by atoms with van der Waals surface area (Å²) in [6, 6.07) is 12.8. The average Bonchev–Trinajstić information content (AvgIpc) is 2.58. The molecule has 1 heterocycles. The summed E-state index contributed by atoms with van der Waals surface area (Å²) in [6.45, 7) is 4.55. The molecule has 2 aromatic rings. The molecule has 126 valence electrons. The van der Waals surface area contributed by atoms with Crippen LogP contribution in [-0.4, -0.2) is 28.0 Å². The lowest BCUT2D eigenvalue weighted by Crippen LogP contribution is -2.32. The first-order valence-corrected chi connectivity index (χ1v) is 8.29. The SMILES string of the molecule is Cc1c(CN2CCC(c3ccc(O)cc3)CC2)cccc1[N+](=O)[O-]. The van der Waals surface area contributed by atoms with Gasteiger partial charge >= 0.3 is 0 Å². The van der Waals surface area contributed by atoms with Crippen LogP contribution < -0.4 is 0 Å². The molecule has 0 atom stereocenters.